The van der Waals surface area contributed by atoms with Crippen LogP contribution in [0.15, 0.2) is 18.2 Å². The zero-order valence-corrected chi connectivity index (χ0v) is 8.85. The van der Waals surface area contributed by atoms with E-state index in [1.54, 1.807) is 0 Å². The molecule has 94 valence electrons. The summed E-state index contributed by atoms with van der Waals surface area (Å²) < 4.78 is 55.4. The predicted molar refractivity (Wildman–Crippen MR) is 54.2 cm³/mol. The SMILES string of the molecule is Fc1cc(C(F)(F)F)ccc1NC1CCOC1. The van der Waals surface area contributed by atoms with E-state index in [1.807, 2.05) is 0 Å². The molecule has 1 heterocycles. The molecular weight excluding hydrogens is 238 g/mol. The molecule has 0 aromatic heterocycles. The molecule has 1 aliphatic heterocycles. The average Bonchev–Trinajstić information content (AvgIpc) is 2.72. The smallest absolute Gasteiger partial charge is 0.379 e. The fraction of sp³-hybridized carbons (Fsp3) is 0.455. The Kier molecular flexibility index (Phi) is 3.24. The Morgan fingerprint density at radius 3 is 2.59 bits per heavy atom. The summed E-state index contributed by atoms with van der Waals surface area (Å²) in [5.41, 5.74) is -0.906. The molecule has 6 heteroatoms. The van der Waals surface area contributed by atoms with E-state index in [4.69, 9.17) is 4.74 Å². The molecule has 1 aromatic carbocycles. The molecule has 0 amide bonds. The highest BCUT2D eigenvalue weighted by Crippen LogP contribution is 2.31. The van der Waals surface area contributed by atoms with E-state index in [1.165, 1.54) is 0 Å². The Morgan fingerprint density at radius 2 is 2.06 bits per heavy atom. The normalized spacial score (nSPS) is 20.6. The Hall–Kier alpha value is -1.30. The van der Waals surface area contributed by atoms with Crippen LogP contribution in [0.25, 0.3) is 0 Å². The number of anilines is 1. The third-order valence-electron chi connectivity index (χ3n) is 2.59. The van der Waals surface area contributed by atoms with Crippen molar-refractivity contribution in [2.45, 2.75) is 18.6 Å². The average molecular weight is 249 g/mol. The fourth-order valence-corrected chi connectivity index (χ4v) is 1.68. The van der Waals surface area contributed by atoms with Crippen LogP contribution < -0.4 is 5.32 Å². The number of benzene rings is 1. The second kappa shape index (κ2) is 4.52. The van der Waals surface area contributed by atoms with Gasteiger partial charge in [0.2, 0.25) is 0 Å². The molecule has 2 rings (SSSR count). The zero-order valence-electron chi connectivity index (χ0n) is 8.85. The standard InChI is InChI=1S/C11H11F4NO/c12-9-5-7(11(13,14)15)1-2-10(9)16-8-3-4-17-6-8/h1-2,5,8,16H,3-4,6H2. The maximum Gasteiger partial charge on any atom is 0.416 e. The number of rotatable bonds is 2. The van der Waals surface area contributed by atoms with Crippen molar-refractivity contribution < 1.29 is 22.3 Å². The Balaban J connectivity index is 2.14. The van der Waals surface area contributed by atoms with Gasteiger partial charge >= 0.3 is 6.18 Å². The summed E-state index contributed by atoms with van der Waals surface area (Å²) in [6.45, 7) is 1.03. The van der Waals surface area contributed by atoms with E-state index in [0.29, 0.717) is 19.3 Å². The Morgan fingerprint density at radius 1 is 1.29 bits per heavy atom. The van der Waals surface area contributed by atoms with Crippen molar-refractivity contribution in [3.05, 3.63) is 29.6 Å². The lowest BCUT2D eigenvalue weighted by atomic mass is 10.1. The van der Waals surface area contributed by atoms with Gasteiger partial charge in [-0.25, -0.2) is 4.39 Å². The molecule has 1 aliphatic rings. The summed E-state index contributed by atoms with van der Waals surface area (Å²) in [5.74, 6) is -0.897. The molecular formula is C11H11F4NO. The monoisotopic (exact) mass is 249 g/mol. The van der Waals surface area contributed by atoms with Crippen LogP contribution in [-0.2, 0) is 10.9 Å². The van der Waals surface area contributed by atoms with Crippen molar-refractivity contribution in [3.63, 3.8) is 0 Å². The van der Waals surface area contributed by atoms with Gasteiger partial charge in [-0.2, -0.15) is 13.2 Å². The number of nitrogens with one attached hydrogen (secondary N) is 1. The third kappa shape index (κ3) is 2.88. The van der Waals surface area contributed by atoms with E-state index in [0.717, 1.165) is 18.6 Å². The Labute approximate surface area is 95.6 Å². The number of ether oxygens (including phenoxy) is 1. The topological polar surface area (TPSA) is 21.3 Å². The van der Waals surface area contributed by atoms with Gasteiger partial charge in [0, 0.05) is 6.61 Å². The molecule has 0 radical (unpaired) electrons. The molecule has 17 heavy (non-hydrogen) atoms. The highest BCUT2D eigenvalue weighted by molar-refractivity contribution is 5.47. The minimum atomic E-state index is -4.52. The first kappa shape index (κ1) is 12.2. The van der Waals surface area contributed by atoms with Crippen LogP contribution in [0.3, 0.4) is 0 Å². The van der Waals surface area contributed by atoms with Crippen LogP contribution in [0.1, 0.15) is 12.0 Å². The van der Waals surface area contributed by atoms with Crippen molar-refractivity contribution in [2.75, 3.05) is 18.5 Å². The molecule has 0 saturated carbocycles. The lowest BCUT2D eigenvalue weighted by molar-refractivity contribution is -0.137. The summed E-state index contributed by atoms with van der Waals surface area (Å²) in [6, 6.07) is 2.43. The van der Waals surface area contributed by atoms with Gasteiger partial charge in [-0.05, 0) is 24.6 Å². The third-order valence-corrected chi connectivity index (χ3v) is 2.59. The lowest BCUT2D eigenvalue weighted by Gasteiger charge is -2.14. The van der Waals surface area contributed by atoms with Gasteiger partial charge in [0.25, 0.3) is 0 Å². The molecule has 1 unspecified atom stereocenters. The maximum absolute atomic E-state index is 13.4. The molecule has 0 bridgehead atoms. The minimum absolute atomic E-state index is 0.0405. The van der Waals surface area contributed by atoms with Gasteiger partial charge in [0.1, 0.15) is 5.82 Å². The number of halogens is 4. The highest BCUT2D eigenvalue weighted by Gasteiger charge is 2.31. The molecule has 1 N–H and O–H groups in total. The zero-order chi connectivity index (χ0) is 12.5. The lowest BCUT2D eigenvalue weighted by Crippen LogP contribution is -2.20. The van der Waals surface area contributed by atoms with E-state index < -0.39 is 17.6 Å². The molecule has 1 fully saturated rings. The van der Waals surface area contributed by atoms with Gasteiger partial charge in [0.05, 0.1) is 23.9 Å². The van der Waals surface area contributed by atoms with Crippen LogP contribution in [0, 0.1) is 5.82 Å². The summed E-state index contributed by atoms with van der Waals surface area (Å²) in [6.07, 6.45) is -3.80. The second-order valence-electron chi connectivity index (χ2n) is 3.90. The first-order valence-corrected chi connectivity index (χ1v) is 5.18. The van der Waals surface area contributed by atoms with E-state index in [9.17, 15) is 17.6 Å². The van der Waals surface area contributed by atoms with Crippen molar-refractivity contribution in [3.8, 4) is 0 Å². The second-order valence-corrected chi connectivity index (χ2v) is 3.90. The summed E-state index contributed by atoms with van der Waals surface area (Å²) in [4.78, 5) is 0. The number of alkyl halides is 3. The summed E-state index contributed by atoms with van der Waals surface area (Å²) in [7, 11) is 0. The molecule has 1 atom stereocenters. The maximum atomic E-state index is 13.4. The van der Waals surface area contributed by atoms with E-state index in [2.05, 4.69) is 5.32 Å². The van der Waals surface area contributed by atoms with Crippen LogP contribution in [0.2, 0.25) is 0 Å². The van der Waals surface area contributed by atoms with Gasteiger partial charge in [-0.15, -0.1) is 0 Å². The van der Waals surface area contributed by atoms with E-state index >= 15 is 0 Å². The van der Waals surface area contributed by atoms with E-state index in [-0.39, 0.29) is 11.7 Å². The van der Waals surface area contributed by atoms with Crippen molar-refractivity contribution in [1.29, 1.82) is 0 Å². The largest absolute Gasteiger partial charge is 0.416 e. The number of hydrogen-bond donors (Lipinski definition) is 1. The van der Waals surface area contributed by atoms with Crippen LogP contribution in [0.4, 0.5) is 23.2 Å². The quantitative estimate of drug-likeness (QED) is 0.813. The summed E-state index contributed by atoms with van der Waals surface area (Å²) in [5, 5.41) is 2.82. The highest BCUT2D eigenvalue weighted by atomic mass is 19.4. The van der Waals surface area contributed by atoms with Gasteiger partial charge in [0.15, 0.2) is 0 Å². The minimum Gasteiger partial charge on any atom is -0.379 e. The Bertz CT molecular complexity index is 399. The summed E-state index contributed by atoms with van der Waals surface area (Å²) >= 11 is 0. The van der Waals surface area contributed by atoms with Crippen LogP contribution in [0.5, 0.6) is 0 Å². The van der Waals surface area contributed by atoms with Crippen molar-refractivity contribution in [1.82, 2.24) is 0 Å². The number of hydrogen-bond acceptors (Lipinski definition) is 2. The first-order chi connectivity index (χ1) is 7.97. The molecule has 1 aromatic rings. The first-order valence-electron chi connectivity index (χ1n) is 5.18. The van der Waals surface area contributed by atoms with Gasteiger partial charge < -0.3 is 10.1 Å². The van der Waals surface area contributed by atoms with Crippen LogP contribution in [-0.4, -0.2) is 19.3 Å². The molecule has 0 spiro atoms. The molecule has 0 aliphatic carbocycles. The van der Waals surface area contributed by atoms with Crippen LogP contribution >= 0.6 is 0 Å². The van der Waals surface area contributed by atoms with Crippen molar-refractivity contribution in [2.24, 2.45) is 0 Å². The predicted octanol–water partition coefficient (Wildman–Crippen LogP) is 3.05. The van der Waals surface area contributed by atoms with Gasteiger partial charge in [-0.1, -0.05) is 0 Å². The molecule has 2 nitrogen and oxygen atoms in total. The van der Waals surface area contributed by atoms with Gasteiger partial charge in [-0.3, -0.25) is 0 Å². The van der Waals surface area contributed by atoms with Crippen molar-refractivity contribution >= 4 is 5.69 Å². The molecule has 1 saturated heterocycles. The fourth-order valence-electron chi connectivity index (χ4n) is 1.68.